The minimum absolute atomic E-state index is 0.0885. The summed E-state index contributed by atoms with van der Waals surface area (Å²) in [4.78, 5) is 53.2. The van der Waals surface area contributed by atoms with E-state index in [4.69, 9.17) is 9.47 Å². The molecule has 0 radical (unpaired) electrons. The molecule has 12 nitrogen and oxygen atoms in total. The van der Waals surface area contributed by atoms with Gasteiger partial charge in [-0.2, -0.15) is 17.6 Å². The lowest BCUT2D eigenvalue weighted by molar-refractivity contribution is -0.155. The Kier molecular flexibility index (Phi) is 15.9. The first-order valence-electron chi connectivity index (χ1n) is 13.6. The first-order chi connectivity index (χ1) is 20.4. The second-order valence-corrected chi connectivity index (χ2v) is 10.0. The number of carbonyl (C=O) groups is 4. The Morgan fingerprint density at radius 1 is 0.837 bits per heavy atom. The first kappa shape index (κ1) is 35.9. The molecular weight excluding hydrogens is 584 g/mol. The maximum Gasteiger partial charge on any atom is 0.345 e. The molecule has 16 heteroatoms. The first-order valence-corrected chi connectivity index (χ1v) is 13.6. The quantitative estimate of drug-likeness (QED) is 0.162. The second kappa shape index (κ2) is 19.0. The van der Waals surface area contributed by atoms with Gasteiger partial charge in [-0.05, 0) is 17.9 Å². The molecule has 1 aromatic rings. The van der Waals surface area contributed by atoms with E-state index in [1.807, 2.05) is 0 Å². The number of halogens is 4. The highest BCUT2D eigenvalue weighted by atomic mass is 19.3. The molecule has 1 fully saturated rings. The van der Waals surface area contributed by atoms with Crippen LogP contribution < -0.4 is 16.0 Å². The van der Waals surface area contributed by atoms with Crippen molar-refractivity contribution in [2.75, 3.05) is 46.1 Å². The average Bonchev–Trinajstić information content (AvgIpc) is 2.96. The van der Waals surface area contributed by atoms with Crippen LogP contribution in [0.1, 0.15) is 25.8 Å². The number of ether oxygens (including phenoxy) is 4. The van der Waals surface area contributed by atoms with Crippen LogP contribution in [0.25, 0.3) is 0 Å². The molecule has 1 heterocycles. The molecule has 1 aliphatic rings. The van der Waals surface area contributed by atoms with Crippen molar-refractivity contribution in [2.24, 2.45) is 5.92 Å². The molecule has 242 valence electrons. The van der Waals surface area contributed by atoms with Gasteiger partial charge in [0, 0.05) is 13.1 Å². The van der Waals surface area contributed by atoms with E-state index in [2.05, 4.69) is 25.4 Å². The highest BCUT2D eigenvalue weighted by Gasteiger charge is 2.32. The van der Waals surface area contributed by atoms with Crippen LogP contribution in [0.15, 0.2) is 30.3 Å². The molecule has 0 spiro atoms. The molecule has 0 aliphatic carbocycles. The number of rotatable bonds is 18. The minimum atomic E-state index is -3.32. The summed E-state index contributed by atoms with van der Waals surface area (Å²) in [6.07, 6.45) is 0.109. The van der Waals surface area contributed by atoms with Crippen LogP contribution in [-0.4, -0.2) is 106 Å². The maximum absolute atomic E-state index is 13.1. The number of amides is 3. The molecule has 0 unspecified atom stereocenters. The van der Waals surface area contributed by atoms with E-state index in [0.29, 0.717) is 31.9 Å². The Morgan fingerprint density at radius 2 is 1.37 bits per heavy atom. The fourth-order valence-corrected chi connectivity index (χ4v) is 3.97. The monoisotopic (exact) mass is 622 g/mol. The minimum Gasteiger partial charge on any atom is -0.459 e. The van der Waals surface area contributed by atoms with E-state index in [1.54, 1.807) is 49.1 Å². The van der Waals surface area contributed by atoms with Gasteiger partial charge < -0.3 is 34.9 Å². The lowest BCUT2D eigenvalue weighted by Crippen LogP contribution is -2.59. The summed E-state index contributed by atoms with van der Waals surface area (Å²) in [5.41, 5.74) is 0.689. The number of esters is 1. The van der Waals surface area contributed by atoms with Crippen molar-refractivity contribution >= 4 is 23.7 Å². The molecule has 1 aromatic carbocycles. The largest absolute Gasteiger partial charge is 0.459 e. The highest BCUT2D eigenvalue weighted by molar-refractivity contribution is 5.94. The molecule has 3 N–H and O–H groups in total. The normalized spacial score (nSPS) is 16.0. The molecule has 0 bridgehead atoms. The van der Waals surface area contributed by atoms with Crippen molar-refractivity contribution in [2.45, 2.75) is 58.2 Å². The topological polar surface area (TPSA) is 145 Å². The zero-order valence-corrected chi connectivity index (χ0v) is 23.9. The maximum atomic E-state index is 13.1. The van der Waals surface area contributed by atoms with Crippen molar-refractivity contribution in [3.05, 3.63) is 35.9 Å². The number of hydrogen-bond acceptors (Lipinski definition) is 9. The lowest BCUT2D eigenvalue weighted by atomic mass is 10.0. The fraction of sp³-hybridized carbons (Fsp3) is 0.630. The highest BCUT2D eigenvalue weighted by Crippen LogP contribution is 2.10. The van der Waals surface area contributed by atoms with Crippen molar-refractivity contribution in [3.63, 3.8) is 0 Å². The van der Waals surface area contributed by atoms with E-state index < -0.39 is 68.3 Å². The number of carbonyl (C=O) groups excluding carboxylic acids is 4. The third-order valence-electron chi connectivity index (χ3n) is 6.07. The summed E-state index contributed by atoms with van der Waals surface area (Å²) >= 11 is 0. The van der Waals surface area contributed by atoms with Crippen LogP contribution in [-0.2, 0) is 44.7 Å². The van der Waals surface area contributed by atoms with Gasteiger partial charge in [0.2, 0.25) is 17.7 Å². The van der Waals surface area contributed by atoms with Gasteiger partial charge in [0.1, 0.15) is 24.7 Å². The fourth-order valence-electron chi connectivity index (χ4n) is 3.97. The van der Waals surface area contributed by atoms with Crippen molar-refractivity contribution in [1.29, 1.82) is 0 Å². The molecule has 0 saturated carbocycles. The van der Waals surface area contributed by atoms with Crippen molar-refractivity contribution in [1.82, 2.24) is 20.9 Å². The van der Waals surface area contributed by atoms with Crippen molar-refractivity contribution in [3.8, 4) is 0 Å². The van der Waals surface area contributed by atoms with Gasteiger partial charge in [0.15, 0.2) is 0 Å². The predicted molar refractivity (Wildman–Crippen MR) is 143 cm³/mol. The van der Waals surface area contributed by atoms with E-state index in [9.17, 15) is 36.7 Å². The number of morpholine rings is 1. The van der Waals surface area contributed by atoms with Gasteiger partial charge in [-0.15, -0.1) is 0 Å². The third-order valence-corrected chi connectivity index (χ3v) is 6.07. The van der Waals surface area contributed by atoms with Crippen LogP contribution in [0, 0.1) is 5.92 Å². The van der Waals surface area contributed by atoms with Gasteiger partial charge in [-0.3, -0.25) is 19.3 Å². The number of nitrogens with one attached hydrogen (secondary N) is 3. The van der Waals surface area contributed by atoms with E-state index >= 15 is 0 Å². The third kappa shape index (κ3) is 14.6. The number of alkyl halides is 4. The average molecular weight is 623 g/mol. The smallest absolute Gasteiger partial charge is 0.345 e. The van der Waals surface area contributed by atoms with E-state index in [0.717, 1.165) is 0 Å². The molecule has 1 aliphatic heterocycles. The Morgan fingerprint density at radius 3 is 1.91 bits per heavy atom. The van der Waals surface area contributed by atoms with Gasteiger partial charge >= 0.3 is 19.2 Å². The summed E-state index contributed by atoms with van der Waals surface area (Å²) < 4.78 is 70.2. The van der Waals surface area contributed by atoms with E-state index in [-0.39, 0.29) is 25.5 Å². The summed E-state index contributed by atoms with van der Waals surface area (Å²) in [5, 5.41) is 6.77. The van der Waals surface area contributed by atoms with Gasteiger partial charge in [-0.1, -0.05) is 44.2 Å². The molecule has 3 amide bonds. The summed E-state index contributed by atoms with van der Waals surface area (Å²) in [7, 11) is 0. The Hall–Kier alpha value is -3.34. The van der Waals surface area contributed by atoms with Crippen LogP contribution in [0.5, 0.6) is 0 Å². The van der Waals surface area contributed by atoms with Crippen LogP contribution >= 0.6 is 0 Å². The molecule has 1 saturated heterocycles. The van der Waals surface area contributed by atoms with Crippen molar-refractivity contribution < 1.29 is 55.7 Å². The molecular formula is C27H38F4N4O8. The molecule has 0 aromatic heterocycles. The number of nitrogens with zero attached hydrogens (tertiary/aromatic N) is 1. The molecule has 3 atom stereocenters. The summed E-state index contributed by atoms with van der Waals surface area (Å²) in [5.74, 6) is -3.88. The molecule has 2 rings (SSSR count). The summed E-state index contributed by atoms with van der Waals surface area (Å²) in [6.45, 7) is -3.73. The zero-order valence-electron chi connectivity index (χ0n) is 23.9. The van der Waals surface area contributed by atoms with Gasteiger partial charge in [-0.25, -0.2) is 4.79 Å². The van der Waals surface area contributed by atoms with Crippen LogP contribution in [0.3, 0.4) is 0 Å². The standard InChI is InChI=1S/C27H38F4N4O8/c1-17(2)12-19(25(39)41-14-18-6-4-3-5-7-18)33-24(38)21(16-43-27(30)31)34-23(37)20(15-42-26(28)29)32-22(36)13-35-8-10-40-11-9-35/h3-7,17,19-21,26-27H,8-16H2,1-2H3,(H,32,36)(H,33,38)(H,34,37)/t19-,20-,21-/m0/s1. The molecule has 43 heavy (non-hydrogen) atoms. The predicted octanol–water partition coefficient (Wildman–Crippen LogP) is 1.04. The number of hydrogen-bond donors (Lipinski definition) is 3. The SMILES string of the molecule is CC(C)C[C@H](NC(=O)[C@H](COC(F)F)NC(=O)[C@H](COC(F)F)NC(=O)CN1CCOCC1)C(=O)OCc1ccccc1. The summed E-state index contributed by atoms with van der Waals surface area (Å²) in [6, 6.07) is 4.00. The zero-order chi connectivity index (χ0) is 31.8. The van der Waals surface area contributed by atoms with E-state index in [1.165, 1.54) is 0 Å². The Balaban J connectivity index is 2.12. The Labute approximate surface area is 246 Å². The lowest BCUT2D eigenvalue weighted by Gasteiger charge is -2.28. The second-order valence-electron chi connectivity index (χ2n) is 10.0. The number of benzene rings is 1. The van der Waals surface area contributed by atoms with Crippen LogP contribution in [0.4, 0.5) is 17.6 Å². The van der Waals surface area contributed by atoms with Crippen LogP contribution in [0.2, 0.25) is 0 Å². The van der Waals surface area contributed by atoms with Gasteiger partial charge in [0.25, 0.3) is 0 Å². The van der Waals surface area contributed by atoms with Gasteiger partial charge in [0.05, 0.1) is 33.0 Å². The Bertz CT molecular complexity index is 1020.